The van der Waals surface area contributed by atoms with Crippen molar-refractivity contribution in [1.29, 1.82) is 0 Å². The van der Waals surface area contributed by atoms with Crippen LogP contribution in [0, 0.1) is 0 Å². The van der Waals surface area contributed by atoms with Crippen molar-refractivity contribution in [3.8, 4) is 0 Å². The molecule has 3 heterocycles. The summed E-state index contributed by atoms with van der Waals surface area (Å²) in [5, 5.41) is 4.11. The van der Waals surface area contributed by atoms with E-state index in [1.54, 1.807) is 6.92 Å². The van der Waals surface area contributed by atoms with Crippen LogP contribution in [0.2, 0.25) is 0 Å². The van der Waals surface area contributed by atoms with E-state index >= 15 is 0 Å². The average Bonchev–Trinajstić information content (AvgIpc) is 3.16. The van der Waals surface area contributed by atoms with Gasteiger partial charge in [-0.25, -0.2) is 0 Å². The zero-order valence-electron chi connectivity index (χ0n) is 13.8. The molecule has 2 saturated heterocycles. The lowest BCUT2D eigenvalue weighted by molar-refractivity contribution is -0.130. The molecule has 22 heavy (non-hydrogen) atoms. The van der Waals surface area contributed by atoms with E-state index in [2.05, 4.69) is 28.9 Å². The molecule has 122 valence electrons. The summed E-state index contributed by atoms with van der Waals surface area (Å²) in [6.45, 7) is 8.64. The van der Waals surface area contributed by atoms with E-state index in [-0.39, 0.29) is 11.9 Å². The Balaban J connectivity index is 1.67. The second kappa shape index (κ2) is 6.36. The van der Waals surface area contributed by atoms with Crippen molar-refractivity contribution in [2.45, 2.75) is 64.5 Å². The molecule has 6 nitrogen and oxygen atoms in total. The van der Waals surface area contributed by atoms with E-state index in [1.165, 1.54) is 6.42 Å². The Kier molecular flexibility index (Phi) is 4.47. The van der Waals surface area contributed by atoms with Gasteiger partial charge in [-0.1, -0.05) is 19.0 Å². The number of hydrogen-bond acceptors (Lipinski definition) is 5. The van der Waals surface area contributed by atoms with Gasteiger partial charge in [-0.3, -0.25) is 9.69 Å². The SMILES string of the molecule is CC(=O)N1CCC(N2CCC[C@H]2c2nc(C(C)C)no2)CC1. The van der Waals surface area contributed by atoms with Crippen LogP contribution >= 0.6 is 0 Å². The summed E-state index contributed by atoms with van der Waals surface area (Å²) in [5.41, 5.74) is 0. The number of rotatable bonds is 3. The smallest absolute Gasteiger partial charge is 0.244 e. The Hall–Kier alpha value is -1.43. The lowest BCUT2D eigenvalue weighted by Gasteiger charge is -2.38. The molecule has 0 unspecified atom stereocenters. The zero-order valence-corrected chi connectivity index (χ0v) is 13.8. The van der Waals surface area contributed by atoms with Crippen LogP contribution in [0.5, 0.6) is 0 Å². The Labute approximate surface area is 131 Å². The van der Waals surface area contributed by atoms with E-state index < -0.39 is 0 Å². The first-order valence-corrected chi connectivity index (χ1v) is 8.41. The molecule has 2 fully saturated rings. The van der Waals surface area contributed by atoms with Crippen molar-refractivity contribution in [2.75, 3.05) is 19.6 Å². The summed E-state index contributed by atoms with van der Waals surface area (Å²) in [6, 6.07) is 0.784. The minimum absolute atomic E-state index is 0.190. The van der Waals surface area contributed by atoms with E-state index in [0.717, 1.165) is 50.6 Å². The number of carbonyl (C=O) groups excluding carboxylic acids is 1. The molecule has 1 atom stereocenters. The molecule has 3 rings (SSSR count). The van der Waals surface area contributed by atoms with Gasteiger partial charge in [0, 0.05) is 32.0 Å². The van der Waals surface area contributed by atoms with Crippen molar-refractivity contribution in [2.24, 2.45) is 0 Å². The maximum absolute atomic E-state index is 11.5. The van der Waals surface area contributed by atoms with Gasteiger partial charge < -0.3 is 9.42 Å². The Morgan fingerprint density at radius 1 is 1.23 bits per heavy atom. The number of likely N-dealkylation sites (tertiary alicyclic amines) is 2. The highest BCUT2D eigenvalue weighted by Gasteiger charge is 2.37. The molecule has 0 spiro atoms. The topological polar surface area (TPSA) is 62.5 Å². The minimum Gasteiger partial charge on any atom is -0.343 e. The van der Waals surface area contributed by atoms with Crippen molar-refractivity contribution in [1.82, 2.24) is 19.9 Å². The van der Waals surface area contributed by atoms with Gasteiger partial charge in [0.1, 0.15) is 0 Å². The summed E-state index contributed by atoms with van der Waals surface area (Å²) in [4.78, 5) is 20.5. The average molecular weight is 306 g/mol. The summed E-state index contributed by atoms with van der Waals surface area (Å²) in [6.07, 6.45) is 4.35. The standard InChI is InChI=1S/C16H26N4O2/c1-11(2)15-17-16(22-18-15)14-5-4-8-20(14)13-6-9-19(10-7-13)12(3)21/h11,13-14H,4-10H2,1-3H3/t14-/m0/s1. The lowest BCUT2D eigenvalue weighted by Crippen LogP contribution is -2.46. The van der Waals surface area contributed by atoms with E-state index in [0.29, 0.717) is 12.0 Å². The Morgan fingerprint density at radius 2 is 1.95 bits per heavy atom. The summed E-state index contributed by atoms with van der Waals surface area (Å²) in [7, 11) is 0. The molecular formula is C16H26N4O2. The quantitative estimate of drug-likeness (QED) is 0.857. The van der Waals surface area contributed by atoms with Gasteiger partial charge in [0.2, 0.25) is 11.8 Å². The normalized spacial score (nSPS) is 24.4. The number of aromatic nitrogens is 2. The summed E-state index contributed by atoms with van der Waals surface area (Å²) >= 11 is 0. The van der Waals surface area contributed by atoms with Crippen LogP contribution < -0.4 is 0 Å². The largest absolute Gasteiger partial charge is 0.343 e. The molecule has 0 radical (unpaired) electrons. The highest BCUT2D eigenvalue weighted by molar-refractivity contribution is 5.73. The second-order valence-electron chi connectivity index (χ2n) is 6.78. The Bertz CT molecular complexity index is 520. The van der Waals surface area contributed by atoms with E-state index in [9.17, 15) is 4.79 Å². The van der Waals surface area contributed by atoms with Gasteiger partial charge in [-0.15, -0.1) is 0 Å². The molecule has 1 aromatic rings. The molecule has 6 heteroatoms. The fraction of sp³-hybridized carbons (Fsp3) is 0.812. The first-order valence-electron chi connectivity index (χ1n) is 8.41. The lowest BCUT2D eigenvalue weighted by atomic mass is 10.0. The predicted molar refractivity (Wildman–Crippen MR) is 82.3 cm³/mol. The number of piperidine rings is 1. The van der Waals surface area contributed by atoms with Crippen molar-refractivity contribution in [3.05, 3.63) is 11.7 Å². The van der Waals surface area contributed by atoms with Crippen LogP contribution in [0.15, 0.2) is 4.52 Å². The molecule has 2 aliphatic heterocycles. The molecule has 0 aliphatic carbocycles. The first-order chi connectivity index (χ1) is 10.6. The molecular weight excluding hydrogens is 280 g/mol. The summed E-state index contributed by atoms with van der Waals surface area (Å²) in [5.74, 6) is 2.06. The second-order valence-corrected chi connectivity index (χ2v) is 6.78. The van der Waals surface area contributed by atoms with Crippen LogP contribution in [-0.2, 0) is 4.79 Å². The maximum Gasteiger partial charge on any atom is 0.244 e. The van der Waals surface area contributed by atoms with E-state index in [4.69, 9.17) is 4.52 Å². The number of nitrogens with zero attached hydrogens (tertiary/aromatic N) is 4. The first kappa shape index (κ1) is 15.5. The highest BCUT2D eigenvalue weighted by atomic mass is 16.5. The van der Waals surface area contributed by atoms with E-state index in [1.807, 2.05) is 4.90 Å². The number of hydrogen-bond donors (Lipinski definition) is 0. The van der Waals surface area contributed by atoms with Gasteiger partial charge >= 0.3 is 0 Å². The van der Waals surface area contributed by atoms with Gasteiger partial charge in [0.05, 0.1) is 6.04 Å². The highest BCUT2D eigenvalue weighted by Crippen LogP contribution is 2.35. The van der Waals surface area contributed by atoms with Crippen LogP contribution in [0.3, 0.4) is 0 Å². The zero-order chi connectivity index (χ0) is 15.7. The molecule has 1 amide bonds. The molecule has 0 aromatic carbocycles. The Morgan fingerprint density at radius 3 is 2.55 bits per heavy atom. The van der Waals surface area contributed by atoms with Crippen molar-refractivity contribution < 1.29 is 9.32 Å². The number of amides is 1. The van der Waals surface area contributed by atoms with Crippen LogP contribution in [0.4, 0.5) is 0 Å². The molecule has 0 bridgehead atoms. The van der Waals surface area contributed by atoms with Crippen LogP contribution in [0.1, 0.15) is 70.1 Å². The third-order valence-corrected chi connectivity index (χ3v) is 4.93. The van der Waals surface area contributed by atoms with Crippen LogP contribution in [0.25, 0.3) is 0 Å². The van der Waals surface area contributed by atoms with Gasteiger partial charge in [-0.2, -0.15) is 4.98 Å². The maximum atomic E-state index is 11.5. The fourth-order valence-corrected chi connectivity index (χ4v) is 3.62. The molecule has 1 aromatic heterocycles. The molecule has 2 aliphatic rings. The molecule has 0 saturated carbocycles. The van der Waals surface area contributed by atoms with Gasteiger partial charge in [0.25, 0.3) is 0 Å². The minimum atomic E-state index is 0.190. The van der Waals surface area contributed by atoms with Crippen molar-refractivity contribution >= 4 is 5.91 Å². The van der Waals surface area contributed by atoms with Gasteiger partial charge in [0.15, 0.2) is 5.82 Å². The van der Waals surface area contributed by atoms with Gasteiger partial charge in [-0.05, 0) is 32.2 Å². The molecule has 0 N–H and O–H groups in total. The predicted octanol–water partition coefficient (Wildman–Crippen LogP) is 2.34. The third kappa shape index (κ3) is 3.02. The summed E-state index contributed by atoms with van der Waals surface area (Å²) < 4.78 is 5.52. The number of carbonyl (C=O) groups is 1. The van der Waals surface area contributed by atoms with Crippen LogP contribution in [-0.4, -0.2) is 51.5 Å². The fourth-order valence-electron chi connectivity index (χ4n) is 3.62. The third-order valence-electron chi connectivity index (χ3n) is 4.93. The monoisotopic (exact) mass is 306 g/mol. The van der Waals surface area contributed by atoms with Crippen molar-refractivity contribution in [3.63, 3.8) is 0 Å².